The van der Waals surface area contributed by atoms with Crippen LogP contribution in [0.4, 0.5) is 4.79 Å². The van der Waals surface area contributed by atoms with Gasteiger partial charge in [0, 0.05) is 45.0 Å². The number of rotatable bonds is 18. The lowest BCUT2D eigenvalue weighted by Crippen LogP contribution is -2.55. The number of carbonyl (C=O) groups excluding carboxylic acids is 1. The fourth-order valence-electron chi connectivity index (χ4n) is 8.26. The van der Waals surface area contributed by atoms with Crippen LogP contribution < -0.4 is 23.7 Å². The first-order valence-corrected chi connectivity index (χ1v) is 21.4. The Labute approximate surface area is 370 Å². The van der Waals surface area contributed by atoms with Crippen molar-refractivity contribution in [1.29, 1.82) is 0 Å². The summed E-state index contributed by atoms with van der Waals surface area (Å²) in [6, 6.07) is 38.0. The van der Waals surface area contributed by atoms with Gasteiger partial charge in [0.15, 0.2) is 0 Å². The lowest BCUT2D eigenvalue weighted by Gasteiger charge is -2.44. The van der Waals surface area contributed by atoms with Crippen molar-refractivity contribution in [3.05, 3.63) is 138 Å². The van der Waals surface area contributed by atoms with Crippen molar-refractivity contribution in [2.45, 2.75) is 70.7 Å². The van der Waals surface area contributed by atoms with E-state index in [4.69, 9.17) is 42.6 Å². The van der Waals surface area contributed by atoms with Crippen molar-refractivity contribution in [3.8, 4) is 28.7 Å². The number of benzene rings is 6. The van der Waals surface area contributed by atoms with Crippen molar-refractivity contribution >= 4 is 27.6 Å². The fraction of sp³-hybridized carbons (Fsp3) is 0.365. The van der Waals surface area contributed by atoms with E-state index in [0.717, 1.165) is 56.0 Å². The summed E-state index contributed by atoms with van der Waals surface area (Å²) in [6.07, 6.45) is -0.787. The summed E-state index contributed by atoms with van der Waals surface area (Å²) in [5.74, 6) is 3.22. The zero-order chi connectivity index (χ0) is 44.3. The average Bonchev–Trinajstić information content (AvgIpc) is 3.30. The third kappa shape index (κ3) is 11.0. The Morgan fingerprint density at radius 2 is 1.11 bits per heavy atom. The highest BCUT2D eigenvalue weighted by molar-refractivity contribution is 5.95. The zero-order valence-electron chi connectivity index (χ0n) is 37.4. The summed E-state index contributed by atoms with van der Waals surface area (Å²) < 4.78 is 55.6. The first-order valence-electron chi connectivity index (χ1n) is 21.4. The van der Waals surface area contributed by atoms with E-state index in [2.05, 4.69) is 24.3 Å². The largest absolute Gasteiger partial charge is 0.496 e. The van der Waals surface area contributed by atoms with Crippen LogP contribution in [0.15, 0.2) is 115 Å². The van der Waals surface area contributed by atoms with E-state index in [9.17, 15) is 4.79 Å². The molecule has 6 aromatic carbocycles. The molecule has 6 aromatic rings. The molecule has 0 aromatic heterocycles. The van der Waals surface area contributed by atoms with E-state index >= 15 is 0 Å². The van der Waals surface area contributed by atoms with Gasteiger partial charge in [-0.25, -0.2) is 4.79 Å². The second-order valence-corrected chi connectivity index (χ2v) is 16.6. The summed E-state index contributed by atoms with van der Waals surface area (Å²) >= 11 is 0. The van der Waals surface area contributed by atoms with Crippen LogP contribution in [0.5, 0.6) is 28.7 Å². The highest BCUT2D eigenvalue weighted by atomic mass is 16.6. The van der Waals surface area contributed by atoms with Crippen LogP contribution in [0.25, 0.3) is 21.5 Å². The molecule has 1 amide bonds. The monoisotopic (exact) mass is 857 g/mol. The van der Waals surface area contributed by atoms with E-state index in [-0.39, 0.29) is 32.2 Å². The topological polar surface area (TPSA) is 103 Å². The Morgan fingerprint density at radius 1 is 0.603 bits per heavy atom. The molecular weight excluding hydrogens is 799 g/mol. The summed E-state index contributed by atoms with van der Waals surface area (Å²) in [5.41, 5.74) is 3.02. The maximum Gasteiger partial charge on any atom is 0.410 e. The number of hydrogen-bond donors (Lipinski definition) is 0. The molecule has 0 radical (unpaired) electrons. The first-order chi connectivity index (χ1) is 30.6. The zero-order valence-corrected chi connectivity index (χ0v) is 37.4. The minimum Gasteiger partial charge on any atom is -0.496 e. The highest BCUT2D eigenvalue weighted by Gasteiger charge is 2.42. The van der Waals surface area contributed by atoms with E-state index in [1.165, 1.54) is 0 Å². The minimum atomic E-state index is -0.714. The molecule has 0 saturated carbocycles. The van der Waals surface area contributed by atoms with Gasteiger partial charge in [-0.2, -0.15) is 0 Å². The predicted molar refractivity (Wildman–Crippen MR) is 244 cm³/mol. The van der Waals surface area contributed by atoms with Gasteiger partial charge in [0.2, 0.25) is 0 Å². The molecule has 2 unspecified atom stereocenters. The smallest absolute Gasteiger partial charge is 0.410 e. The van der Waals surface area contributed by atoms with Gasteiger partial charge in [0.1, 0.15) is 34.3 Å². The molecule has 7 rings (SSSR count). The van der Waals surface area contributed by atoms with Gasteiger partial charge in [-0.15, -0.1) is 0 Å². The number of amides is 1. The third-order valence-corrected chi connectivity index (χ3v) is 11.2. The van der Waals surface area contributed by atoms with E-state index in [1.54, 1.807) is 33.3 Å². The molecular formula is C52H59NO10. The standard InChI is InChI=1S/C52H59NO10/c1-52(2,3)63-51(54)53-30-46(61-33-37-28-44(55-4)40-18-11-13-20-42(40)49(37)57-6)48(36-22-24-39(25-23-36)60-27-15-26-59-32-35-16-9-8-10-17-35)47(31-53)62-34-38-29-45(56-5)41-19-12-14-21-43(41)50(38)58-7/h8-14,16-25,28-29,46-48H,15,26-27,30-34H2,1-7H3. The number of piperidine rings is 1. The van der Waals surface area contributed by atoms with Crippen molar-refractivity contribution in [2.24, 2.45) is 0 Å². The van der Waals surface area contributed by atoms with Gasteiger partial charge in [-0.05, 0) is 56.2 Å². The average molecular weight is 858 g/mol. The van der Waals surface area contributed by atoms with Crippen LogP contribution in [0.1, 0.15) is 55.4 Å². The molecule has 1 saturated heterocycles. The van der Waals surface area contributed by atoms with Crippen molar-refractivity contribution in [3.63, 3.8) is 0 Å². The van der Waals surface area contributed by atoms with Crippen molar-refractivity contribution < 1.29 is 47.4 Å². The lowest BCUT2D eigenvalue weighted by molar-refractivity contribution is -0.100. The molecule has 63 heavy (non-hydrogen) atoms. The Balaban J connectivity index is 1.19. The number of methoxy groups -OCH3 is 4. The second-order valence-electron chi connectivity index (χ2n) is 16.6. The summed E-state index contributed by atoms with van der Waals surface area (Å²) in [6.45, 7) is 8.09. The molecule has 332 valence electrons. The van der Waals surface area contributed by atoms with Crippen LogP contribution in [0, 0.1) is 0 Å². The molecule has 0 spiro atoms. The Kier molecular flexibility index (Phi) is 14.9. The molecule has 0 aliphatic carbocycles. The molecule has 1 fully saturated rings. The van der Waals surface area contributed by atoms with E-state index in [0.29, 0.717) is 42.8 Å². The first kappa shape index (κ1) is 45.0. The Hall–Kier alpha value is -6.01. The predicted octanol–water partition coefficient (Wildman–Crippen LogP) is 10.5. The highest BCUT2D eigenvalue weighted by Crippen LogP contribution is 2.41. The van der Waals surface area contributed by atoms with Gasteiger partial charge in [-0.3, -0.25) is 0 Å². The van der Waals surface area contributed by atoms with Crippen LogP contribution >= 0.6 is 0 Å². The molecule has 11 nitrogen and oxygen atoms in total. The van der Waals surface area contributed by atoms with Gasteiger partial charge >= 0.3 is 6.09 Å². The van der Waals surface area contributed by atoms with Gasteiger partial charge < -0.3 is 47.5 Å². The second kappa shape index (κ2) is 20.9. The number of ether oxygens (including phenoxy) is 9. The summed E-state index contributed by atoms with van der Waals surface area (Å²) in [4.78, 5) is 15.6. The number of nitrogens with zero attached hydrogens (tertiary/aromatic N) is 1. The third-order valence-electron chi connectivity index (χ3n) is 11.2. The maximum atomic E-state index is 13.9. The Morgan fingerprint density at radius 3 is 1.60 bits per heavy atom. The number of fused-ring (bicyclic) bond motifs is 2. The van der Waals surface area contributed by atoms with Gasteiger partial charge in [-0.1, -0.05) is 91.0 Å². The van der Waals surface area contributed by atoms with Crippen molar-refractivity contribution in [2.75, 3.05) is 54.7 Å². The van der Waals surface area contributed by atoms with E-state index in [1.807, 2.05) is 112 Å². The molecule has 2 atom stereocenters. The molecule has 1 aliphatic rings. The normalized spacial score (nSPS) is 16.5. The fourth-order valence-corrected chi connectivity index (χ4v) is 8.26. The van der Waals surface area contributed by atoms with Crippen LogP contribution in [0.2, 0.25) is 0 Å². The molecule has 11 heteroatoms. The van der Waals surface area contributed by atoms with Crippen LogP contribution in [-0.2, 0) is 38.8 Å². The van der Waals surface area contributed by atoms with Crippen LogP contribution in [-0.4, -0.2) is 83.5 Å². The minimum absolute atomic E-state index is 0.170. The van der Waals surface area contributed by atoms with Gasteiger partial charge in [0.05, 0.1) is 86.8 Å². The molecule has 0 bridgehead atoms. The molecule has 1 aliphatic heterocycles. The number of carbonyl (C=O) groups is 1. The van der Waals surface area contributed by atoms with Crippen molar-refractivity contribution in [1.82, 2.24) is 4.90 Å². The summed E-state index contributed by atoms with van der Waals surface area (Å²) in [5, 5.41) is 3.69. The maximum absolute atomic E-state index is 13.9. The summed E-state index contributed by atoms with van der Waals surface area (Å²) in [7, 11) is 6.63. The Bertz CT molecular complexity index is 2320. The van der Waals surface area contributed by atoms with Crippen LogP contribution in [0.3, 0.4) is 0 Å². The van der Waals surface area contributed by atoms with E-state index < -0.39 is 23.9 Å². The lowest BCUT2D eigenvalue weighted by atomic mass is 9.84. The number of likely N-dealkylation sites (tertiary alicyclic amines) is 1. The quantitative estimate of drug-likeness (QED) is 0.0776. The molecule has 1 heterocycles. The SMILES string of the molecule is COc1cc(COC2CN(C(=O)OC(C)(C)C)CC(OCc3cc(OC)c4ccccc4c3OC)C2c2ccc(OCCCOCc3ccccc3)cc2)c(OC)c2ccccc12. The van der Waals surface area contributed by atoms with Gasteiger partial charge in [0.25, 0.3) is 0 Å². The molecule has 0 N–H and O–H groups in total. The number of hydrogen-bond acceptors (Lipinski definition) is 10.